The molecule has 0 aliphatic carbocycles. The Bertz CT molecular complexity index is 778. The van der Waals surface area contributed by atoms with Crippen molar-refractivity contribution in [2.75, 3.05) is 13.1 Å². The zero-order valence-corrected chi connectivity index (χ0v) is 13.7. The van der Waals surface area contributed by atoms with E-state index in [1.54, 1.807) is 0 Å². The minimum absolute atomic E-state index is 0.364. The van der Waals surface area contributed by atoms with Gasteiger partial charge in [0.1, 0.15) is 0 Å². The van der Waals surface area contributed by atoms with Gasteiger partial charge in [0.25, 0.3) is 0 Å². The molecule has 5 nitrogen and oxygen atoms in total. The van der Waals surface area contributed by atoms with E-state index in [-0.39, 0.29) is 0 Å². The van der Waals surface area contributed by atoms with Gasteiger partial charge in [0, 0.05) is 37.6 Å². The lowest BCUT2D eigenvalue weighted by Crippen LogP contribution is -2.36. The van der Waals surface area contributed by atoms with E-state index in [4.69, 9.17) is 4.74 Å². The van der Waals surface area contributed by atoms with E-state index >= 15 is 0 Å². The maximum absolute atomic E-state index is 6.07. The van der Waals surface area contributed by atoms with Crippen LogP contribution >= 0.6 is 0 Å². The van der Waals surface area contributed by atoms with Crippen LogP contribution in [0.25, 0.3) is 5.65 Å². The minimum atomic E-state index is 0.364. The van der Waals surface area contributed by atoms with Gasteiger partial charge in [0.15, 0.2) is 5.65 Å². The van der Waals surface area contributed by atoms with Gasteiger partial charge in [0.2, 0.25) is 0 Å². The smallest absolute Gasteiger partial charge is 0.159 e. The second-order valence-electron chi connectivity index (χ2n) is 6.33. The molecule has 0 saturated carbocycles. The molecule has 1 saturated heterocycles. The van der Waals surface area contributed by atoms with Crippen LogP contribution < -0.4 is 0 Å². The average Bonchev–Trinajstić information content (AvgIpc) is 3.05. The number of rotatable bonds is 5. The largest absolute Gasteiger partial charge is 0.373 e. The summed E-state index contributed by atoms with van der Waals surface area (Å²) in [6.45, 7) is 3.74. The van der Waals surface area contributed by atoms with Crippen LogP contribution in [0.3, 0.4) is 0 Å². The Balaban J connectivity index is 1.28. The molecule has 5 heteroatoms. The molecule has 0 unspecified atom stereocenters. The van der Waals surface area contributed by atoms with Crippen molar-refractivity contribution in [2.45, 2.75) is 32.1 Å². The average molecular weight is 322 g/mol. The van der Waals surface area contributed by atoms with Crippen LogP contribution in [0.2, 0.25) is 0 Å². The number of hydrogen-bond acceptors (Lipinski definition) is 4. The van der Waals surface area contributed by atoms with Crippen molar-refractivity contribution in [1.82, 2.24) is 19.5 Å². The second-order valence-corrected chi connectivity index (χ2v) is 6.33. The highest BCUT2D eigenvalue weighted by Crippen LogP contribution is 2.19. The molecule has 1 aromatic carbocycles. The number of fused-ring (bicyclic) bond motifs is 1. The fourth-order valence-corrected chi connectivity index (χ4v) is 3.25. The quantitative estimate of drug-likeness (QED) is 0.724. The fraction of sp³-hybridized carbons (Fsp3) is 0.368. The SMILES string of the molecule is c1ccc(COC2CCN(Cc3cnn4cccnc34)CC2)cc1. The summed E-state index contributed by atoms with van der Waals surface area (Å²) in [5, 5.41) is 4.36. The lowest BCUT2D eigenvalue weighted by molar-refractivity contribution is -0.00388. The normalized spacial score (nSPS) is 16.7. The van der Waals surface area contributed by atoms with Crippen molar-refractivity contribution < 1.29 is 4.74 Å². The Labute approximate surface area is 141 Å². The van der Waals surface area contributed by atoms with Gasteiger partial charge in [-0.25, -0.2) is 9.50 Å². The predicted molar refractivity (Wildman–Crippen MR) is 92.5 cm³/mol. The van der Waals surface area contributed by atoms with Crippen molar-refractivity contribution in [3.63, 3.8) is 0 Å². The van der Waals surface area contributed by atoms with Gasteiger partial charge in [0.05, 0.1) is 18.9 Å². The van der Waals surface area contributed by atoms with Crippen LogP contribution in [0.15, 0.2) is 55.0 Å². The predicted octanol–water partition coefficient (Wildman–Crippen LogP) is 2.91. The number of benzene rings is 1. The minimum Gasteiger partial charge on any atom is -0.373 e. The molecular formula is C19H22N4O. The number of ether oxygens (including phenoxy) is 1. The van der Waals surface area contributed by atoms with E-state index in [0.29, 0.717) is 12.7 Å². The summed E-state index contributed by atoms with van der Waals surface area (Å²) in [5.74, 6) is 0. The number of aromatic nitrogens is 3. The Morgan fingerprint density at radius 1 is 1.08 bits per heavy atom. The first-order valence-electron chi connectivity index (χ1n) is 8.53. The van der Waals surface area contributed by atoms with E-state index in [9.17, 15) is 0 Å². The van der Waals surface area contributed by atoms with Crippen molar-refractivity contribution in [2.24, 2.45) is 0 Å². The van der Waals surface area contributed by atoms with Gasteiger partial charge in [-0.1, -0.05) is 30.3 Å². The summed E-state index contributed by atoms with van der Waals surface area (Å²) in [4.78, 5) is 6.90. The third-order valence-electron chi connectivity index (χ3n) is 4.61. The maximum Gasteiger partial charge on any atom is 0.159 e. The molecule has 24 heavy (non-hydrogen) atoms. The van der Waals surface area contributed by atoms with E-state index in [1.807, 2.05) is 35.2 Å². The summed E-state index contributed by atoms with van der Waals surface area (Å²) in [5.41, 5.74) is 3.40. The van der Waals surface area contributed by atoms with Gasteiger partial charge in [-0.2, -0.15) is 5.10 Å². The van der Waals surface area contributed by atoms with Gasteiger partial charge < -0.3 is 4.74 Å². The third kappa shape index (κ3) is 3.47. The first-order chi connectivity index (χ1) is 11.9. The molecule has 1 fully saturated rings. The van der Waals surface area contributed by atoms with Crippen molar-refractivity contribution in [1.29, 1.82) is 0 Å². The first kappa shape index (κ1) is 15.3. The van der Waals surface area contributed by atoms with Gasteiger partial charge in [-0.15, -0.1) is 0 Å². The van der Waals surface area contributed by atoms with Gasteiger partial charge in [-0.05, 0) is 24.5 Å². The molecule has 3 heterocycles. The molecule has 2 aromatic heterocycles. The standard InChI is InChI=1S/C19H22N4O/c1-2-5-16(6-3-1)15-24-18-7-11-22(12-8-18)14-17-13-21-23-10-4-9-20-19(17)23/h1-6,9-10,13,18H,7-8,11-12,14-15H2. The number of piperidine rings is 1. The molecule has 0 bridgehead atoms. The van der Waals surface area contributed by atoms with E-state index in [0.717, 1.165) is 38.1 Å². The Hall–Kier alpha value is -2.24. The second kappa shape index (κ2) is 7.11. The molecule has 1 aliphatic heterocycles. The van der Waals surface area contributed by atoms with Crippen LogP contribution in [0.1, 0.15) is 24.0 Å². The van der Waals surface area contributed by atoms with Crippen LogP contribution in [0.5, 0.6) is 0 Å². The topological polar surface area (TPSA) is 42.7 Å². The molecule has 3 aromatic rings. The lowest BCUT2D eigenvalue weighted by Gasteiger charge is -2.31. The summed E-state index contributed by atoms with van der Waals surface area (Å²) >= 11 is 0. The molecule has 1 aliphatic rings. The lowest BCUT2D eigenvalue weighted by atomic mass is 10.1. The highest BCUT2D eigenvalue weighted by atomic mass is 16.5. The molecule has 0 spiro atoms. The monoisotopic (exact) mass is 322 g/mol. The van der Waals surface area contributed by atoms with Crippen molar-refractivity contribution in [3.8, 4) is 0 Å². The summed E-state index contributed by atoms with van der Waals surface area (Å²) < 4.78 is 7.91. The van der Waals surface area contributed by atoms with Gasteiger partial charge in [-0.3, -0.25) is 4.90 Å². The Morgan fingerprint density at radius 3 is 2.75 bits per heavy atom. The number of nitrogens with zero attached hydrogens (tertiary/aromatic N) is 4. The molecule has 0 amide bonds. The molecule has 0 N–H and O–H groups in total. The first-order valence-corrected chi connectivity index (χ1v) is 8.53. The van der Waals surface area contributed by atoms with Crippen LogP contribution in [-0.2, 0) is 17.9 Å². The van der Waals surface area contributed by atoms with E-state index in [1.165, 1.54) is 11.1 Å². The molecule has 4 rings (SSSR count). The zero-order valence-electron chi connectivity index (χ0n) is 13.7. The summed E-state index contributed by atoms with van der Waals surface area (Å²) in [7, 11) is 0. The van der Waals surface area contributed by atoms with Crippen molar-refractivity contribution >= 4 is 5.65 Å². The fourth-order valence-electron chi connectivity index (χ4n) is 3.25. The molecule has 0 radical (unpaired) electrons. The maximum atomic E-state index is 6.07. The van der Waals surface area contributed by atoms with Gasteiger partial charge >= 0.3 is 0 Å². The van der Waals surface area contributed by atoms with Crippen LogP contribution in [0, 0.1) is 0 Å². The zero-order chi connectivity index (χ0) is 16.2. The highest BCUT2D eigenvalue weighted by Gasteiger charge is 2.20. The summed E-state index contributed by atoms with van der Waals surface area (Å²) in [6.07, 6.45) is 8.22. The molecular weight excluding hydrogens is 300 g/mol. The highest BCUT2D eigenvalue weighted by molar-refractivity contribution is 5.45. The van der Waals surface area contributed by atoms with Crippen LogP contribution in [0.4, 0.5) is 0 Å². The van der Waals surface area contributed by atoms with Crippen molar-refractivity contribution in [3.05, 3.63) is 66.1 Å². The number of likely N-dealkylation sites (tertiary alicyclic amines) is 1. The van der Waals surface area contributed by atoms with Crippen LogP contribution in [-0.4, -0.2) is 38.7 Å². The van der Waals surface area contributed by atoms with E-state index in [2.05, 4.69) is 39.2 Å². The van der Waals surface area contributed by atoms with E-state index < -0.39 is 0 Å². The third-order valence-corrected chi connectivity index (χ3v) is 4.61. The number of hydrogen-bond donors (Lipinski definition) is 0. The molecule has 0 atom stereocenters. The Kier molecular flexibility index (Phi) is 4.53. The molecule has 124 valence electrons. The Morgan fingerprint density at radius 2 is 1.92 bits per heavy atom. The summed E-state index contributed by atoms with van der Waals surface area (Å²) in [6, 6.07) is 12.3.